The number of ether oxygens (including phenoxy) is 1. The van der Waals surface area contributed by atoms with Crippen molar-refractivity contribution in [3.8, 4) is 17.7 Å². The Hall–Kier alpha value is -5.02. The van der Waals surface area contributed by atoms with Gasteiger partial charge in [-0.3, -0.25) is 9.59 Å². The summed E-state index contributed by atoms with van der Waals surface area (Å²) in [6.07, 6.45) is 7.56. The normalized spacial score (nSPS) is 10.6. The zero-order valence-corrected chi connectivity index (χ0v) is 24.1. The van der Waals surface area contributed by atoms with Crippen molar-refractivity contribution in [2.75, 3.05) is 58.5 Å². The van der Waals surface area contributed by atoms with Crippen molar-refractivity contribution in [3.63, 3.8) is 0 Å². The molecule has 0 aliphatic heterocycles. The Balaban J connectivity index is 1.57. The van der Waals surface area contributed by atoms with Crippen molar-refractivity contribution in [1.29, 1.82) is 0 Å². The zero-order valence-electron chi connectivity index (χ0n) is 24.1. The highest BCUT2D eigenvalue weighted by Crippen LogP contribution is 2.22. The Labute approximate surface area is 245 Å². The lowest BCUT2D eigenvalue weighted by Gasteiger charge is -2.14. The van der Waals surface area contributed by atoms with Crippen molar-refractivity contribution in [2.24, 2.45) is 0 Å². The van der Waals surface area contributed by atoms with E-state index in [1.54, 1.807) is 49.8 Å². The first-order valence-corrected chi connectivity index (χ1v) is 13.2. The van der Waals surface area contributed by atoms with Gasteiger partial charge in [-0.25, -0.2) is 14.4 Å². The molecule has 0 saturated carbocycles. The topological polar surface area (TPSA) is 125 Å². The van der Waals surface area contributed by atoms with E-state index in [-0.39, 0.29) is 24.2 Å². The first kappa shape index (κ1) is 31.5. The number of unbranched alkanes of at least 4 members (excludes halogenated alkanes) is 1. The number of nitrogens with one attached hydrogen (secondary N) is 3. The summed E-state index contributed by atoms with van der Waals surface area (Å²) in [5.74, 6) is 6.59. The molecular weight excluding hydrogens is 539 g/mol. The third-order valence-corrected chi connectivity index (χ3v) is 5.61. The molecule has 2 amide bonds. The van der Waals surface area contributed by atoms with Crippen LogP contribution in [0.4, 0.5) is 27.5 Å². The third kappa shape index (κ3) is 10.9. The molecule has 42 heavy (non-hydrogen) atoms. The smallest absolute Gasteiger partial charge is 0.246 e. The predicted octanol–water partition coefficient (Wildman–Crippen LogP) is 3.33. The number of benzene rings is 1. The van der Waals surface area contributed by atoms with Crippen LogP contribution in [0.25, 0.3) is 0 Å². The molecule has 0 atom stereocenters. The molecule has 220 valence electrons. The van der Waals surface area contributed by atoms with Crippen molar-refractivity contribution in [3.05, 3.63) is 72.3 Å². The summed E-state index contributed by atoms with van der Waals surface area (Å²) in [4.78, 5) is 40.7. The Morgan fingerprint density at radius 2 is 1.79 bits per heavy atom. The van der Waals surface area contributed by atoms with Crippen molar-refractivity contribution in [1.82, 2.24) is 30.1 Å². The van der Waals surface area contributed by atoms with Crippen LogP contribution in [0.2, 0.25) is 0 Å². The van der Waals surface area contributed by atoms with Crippen LogP contribution in [0, 0.1) is 17.7 Å². The summed E-state index contributed by atoms with van der Waals surface area (Å²) in [6.45, 7) is 1.04. The summed E-state index contributed by atoms with van der Waals surface area (Å²) in [7, 11) is 6.94. The number of rotatable bonds is 13. The number of halogens is 1. The van der Waals surface area contributed by atoms with Gasteiger partial charge in [0.2, 0.25) is 23.6 Å². The standard InChI is InChI=1S/C30H35FN8O3/c1-38(2)18-8-10-28(41)39(3)21-26(40)32-17-7-5-6-9-22-19-34-30(36-24-13-11-23(31)12-14-24)37-29(22)35-25-15-16-27(42-4)33-20-25/h8,10-16,19-20H,5,7,17-18,21H2,1-4H3,(H,32,40)(H2,34,35,36,37). The average molecular weight is 575 g/mol. The quantitative estimate of drug-likeness (QED) is 0.160. The van der Waals surface area contributed by atoms with Crippen LogP contribution in [-0.4, -0.2) is 84.5 Å². The minimum absolute atomic E-state index is 0.0261. The van der Waals surface area contributed by atoms with E-state index in [1.165, 1.54) is 30.2 Å². The average Bonchev–Trinajstić information content (AvgIpc) is 2.97. The summed E-state index contributed by atoms with van der Waals surface area (Å²) in [6, 6.07) is 9.38. The second kappa shape index (κ2) is 16.3. The molecule has 3 N–H and O–H groups in total. The van der Waals surface area contributed by atoms with Crippen LogP contribution >= 0.6 is 0 Å². The van der Waals surface area contributed by atoms with E-state index >= 15 is 0 Å². The summed E-state index contributed by atoms with van der Waals surface area (Å²) < 4.78 is 18.4. The summed E-state index contributed by atoms with van der Waals surface area (Å²) in [5, 5.41) is 9.06. The highest BCUT2D eigenvalue weighted by molar-refractivity contribution is 5.91. The Morgan fingerprint density at radius 1 is 1.02 bits per heavy atom. The van der Waals surface area contributed by atoms with E-state index in [1.807, 2.05) is 19.0 Å². The van der Waals surface area contributed by atoms with Gasteiger partial charge < -0.3 is 30.5 Å². The number of aromatic nitrogens is 3. The fourth-order valence-electron chi connectivity index (χ4n) is 3.41. The largest absolute Gasteiger partial charge is 0.481 e. The highest BCUT2D eigenvalue weighted by atomic mass is 19.1. The number of pyridine rings is 1. The molecule has 0 bridgehead atoms. The van der Waals surface area contributed by atoms with Crippen LogP contribution in [0.15, 0.2) is 60.9 Å². The SMILES string of the molecule is COc1ccc(Nc2nc(Nc3ccc(F)cc3)ncc2C#CCCCNC(=O)CN(C)C(=O)C=CCN(C)C)cn1. The molecule has 2 aromatic heterocycles. The minimum atomic E-state index is -0.341. The molecule has 1 aromatic carbocycles. The monoisotopic (exact) mass is 574 g/mol. The molecule has 0 aliphatic rings. The van der Waals surface area contributed by atoms with Crippen molar-refractivity contribution < 1.29 is 18.7 Å². The van der Waals surface area contributed by atoms with Gasteiger partial charge in [0.1, 0.15) is 5.82 Å². The van der Waals surface area contributed by atoms with Gasteiger partial charge in [0.05, 0.1) is 37.3 Å². The van der Waals surface area contributed by atoms with E-state index < -0.39 is 0 Å². The van der Waals surface area contributed by atoms with Crippen molar-refractivity contribution >= 4 is 35.0 Å². The first-order chi connectivity index (χ1) is 20.2. The maximum absolute atomic E-state index is 13.3. The Morgan fingerprint density at radius 3 is 2.48 bits per heavy atom. The van der Waals surface area contributed by atoms with Crippen LogP contribution < -0.4 is 20.7 Å². The second-order valence-corrected chi connectivity index (χ2v) is 9.42. The Kier molecular flexibility index (Phi) is 12.2. The molecule has 0 radical (unpaired) electrons. The molecule has 0 unspecified atom stereocenters. The van der Waals surface area contributed by atoms with Gasteiger partial charge in [-0.1, -0.05) is 17.9 Å². The maximum Gasteiger partial charge on any atom is 0.246 e. The number of likely N-dealkylation sites (N-methyl/N-ethyl adjacent to an activating group) is 2. The van der Waals surface area contributed by atoms with E-state index in [4.69, 9.17) is 4.74 Å². The van der Waals surface area contributed by atoms with Gasteiger partial charge in [0.25, 0.3) is 0 Å². The van der Waals surface area contributed by atoms with Crippen molar-refractivity contribution in [2.45, 2.75) is 12.8 Å². The maximum atomic E-state index is 13.3. The van der Waals surface area contributed by atoms with Gasteiger partial charge in [-0.2, -0.15) is 4.98 Å². The van der Waals surface area contributed by atoms with E-state index in [2.05, 4.69) is 42.7 Å². The van der Waals surface area contributed by atoms with E-state index in [0.29, 0.717) is 60.5 Å². The molecule has 3 rings (SSSR count). The number of amides is 2. The van der Waals surface area contributed by atoms with E-state index in [9.17, 15) is 14.0 Å². The molecule has 2 heterocycles. The van der Waals surface area contributed by atoms with Gasteiger partial charge in [0, 0.05) is 44.4 Å². The molecular formula is C30H35FN8O3. The van der Waals surface area contributed by atoms with Crippen LogP contribution in [0.3, 0.4) is 0 Å². The summed E-state index contributed by atoms with van der Waals surface area (Å²) in [5.41, 5.74) is 1.86. The van der Waals surface area contributed by atoms with Crippen LogP contribution in [0.5, 0.6) is 5.88 Å². The molecule has 11 nitrogen and oxygen atoms in total. The van der Waals surface area contributed by atoms with E-state index in [0.717, 1.165) is 0 Å². The number of carbonyl (C=O) groups is 2. The summed E-state index contributed by atoms with van der Waals surface area (Å²) >= 11 is 0. The lowest BCUT2D eigenvalue weighted by atomic mass is 10.2. The van der Waals surface area contributed by atoms with Gasteiger partial charge in [-0.05, 0) is 50.8 Å². The molecule has 0 fully saturated rings. The number of methoxy groups -OCH3 is 1. The number of anilines is 4. The number of hydrogen-bond donors (Lipinski definition) is 3. The molecule has 3 aromatic rings. The van der Waals surface area contributed by atoms with Gasteiger partial charge >= 0.3 is 0 Å². The van der Waals surface area contributed by atoms with Crippen LogP contribution in [-0.2, 0) is 9.59 Å². The highest BCUT2D eigenvalue weighted by Gasteiger charge is 2.10. The molecule has 0 aliphatic carbocycles. The predicted molar refractivity (Wildman–Crippen MR) is 160 cm³/mol. The fourth-order valence-corrected chi connectivity index (χ4v) is 3.41. The Bertz CT molecular complexity index is 1420. The second-order valence-electron chi connectivity index (χ2n) is 9.42. The van der Waals surface area contributed by atoms with Gasteiger partial charge in [0.15, 0.2) is 5.82 Å². The molecule has 12 heteroatoms. The fraction of sp³-hybridized carbons (Fsp3) is 0.300. The molecule has 0 spiro atoms. The minimum Gasteiger partial charge on any atom is -0.481 e. The number of nitrogens with zero attached hydrogens (tertiary/aromatic N) is 5. The van der Waals surface area contributed by atoms with Gasteiger partial charge in [-0.15, -0.1) is 0 Å². The van der Waals surface area contributed by atoms with Crippen LogP contribution in [0.1, 0.15) is 18.4 Å². The number of carbonyl (C=O) groups excluding carboxylic acids is 2. The molecule has 0 saturated heterocycles. The third-order valence-electron chi connectivity index (χ3n) is 5.61. The lowest BCUT2D eigenvalue weighted by molar-refractivity contribution is -0.131. The lowest BCUT2D eigenvalue weighted by Crippen LogP contribution is -2.38. The number of hydrogen-bond acceptors (Lipinski definition) is 9. The zero-order chi connectivity index (χ0) is 30.3. The first-order valence-electron chi connectivity index (χ1n) is 13.2.